The molecule has 1 aliphatic rings. The molecule has 0 bridgehead atoms. The SMILES string of the molecule is NNC(Cc1cccc(F)c1F)C1CCCO1. The van der Waals surface area contributed by atoms with Crippen LogP contribution in [0, 0.1) is 11.6 Å². The number of ether oxygens (including phenoxy) is 1. The minimum atomic E-state index is -0.828. The number of hydrazine groups is 1. The molecule has 0 saturated carbocycles. The van der Waals surface area contributed by atoms with Crippen LogP contribution >= 0.6 is 0 Å². The molecule has 0 amide bonds. The molecule has 94 valence electrons. The van der Waals surface area contributed by atoms with Gasteiger partial charge in [0.15, 0.2) is 11.6 Å². The standard InChI is InChI=1S/C12H16F2N2O/c13-9-4-1-3-8(12(9)14)7-10(16-15)11-5-2-6-17-11/h1,3-4,10-11,16H,2,5-7,15H2. The first-order valence-corrected chi connectivity index (χ1v) is 5.73. The molecule has 1 aromatic rings. The number of hydrogen-bond donors (Lipinski definition) is 2. The Morgan fingerprint density at radius 2 is 2.29 bits per heavy atom. The molecule has 0 aromatic heterocycles. The van der Waals surface area contributed by atoms with Crippen molar-refractivity contribution in [3.63, 3.8) is 0 Å². The lowest BCUT2D eigenvalue weighted by Gasteiger charge is -2.22. The van der Waals surface area contributed by atoms with E-state index in [2.05, 4.69) is 5.43 Å². The fourth-order valence-corrected chi connectivity index (χ4v) is 2.16. The minimum Gasteiger partial charge on any atom is -0.377 e. The van der Waals surface area contributed by atoms with Crippen LogP contribution in [0.2, 0.25) is 0 Å². The summed E-state index contributed by atoms with van der Waals surface area (Å²) >= 11 is 0. The van der Waals surface area contributed by atoms with Crippen LogP contribution in [0.3, 0.4) is 0 Å². The minimum absolute atomic E-state index is 0.0253. The lowest BCUT2D eigenvalue weighted by atomic mass is 9.99. The van der Waals surface area contributed by atoms with Crippen LogP contribution in [0.5, 0.6) is 0 Å². The van der Waals surface area contributed by atoms with Crippen LogP contribution < -0.4 is 11.3 Å². The van der Waals surface area contributed by atoms with E-state index >= 15 is 0 Å². The highest BCUT2D eigenvalue weighted by molar-refractivity contribution is 5.20. The lowest BCUT2D eigenvalue weighted by molar-refractivity contribution is 0.0781. The average molecular weight is 242 g/mol. The van der Waals surface area contributed by atoms with E-state index in [0.29, 0.717) is 18.6 Å². The average Bonchev–Trinajstić information content (AvgIpc) is 2.85. The molecule has 3 nitrogen and oxygen atoms in total. The van der Waals surface area contributed by atoms with Crippen LogP contribution in [-0.2, 0) is 11.2 Å². The van der Waals surface area contributed by atoms with Crippen molar-refractivity contribution >= 4 is 0 Å². The number of nitrogens with one attached hydrogen (secondary N) is 1. The van der Waals surface area contributed by atoms with Gasteiger partial charge in [0.05, 0.1) is 12.1 Å². The van der Waals surface area contributed by atoms with Crippen LogP contribution in [0.25, 0.3) is 0 Å². The fraction of sp³-hybridized carbons (Fsp3) is 0.500. The van der Waals surface area contributed by atoms with Crippen molar-refractivity contribution in [2.24, 2.45) is 5.84 Å². The van der Waals surface area contributed by atoms with Gasteiger partial charge in [-0.15, -0.1) is 0 Å². The van der Waals surface area contributed by atoms with Gasteiger partial charge in [0, 0.05) is 6.61 Å². The van der Waals surface area contributed by atoms with Gasteiger partial charge in [0.25, 0.3) is 0 Å². The van der Waals surface area contributed by atoms with Gasteiger partial charge in [-0.25, -0.2) is 8.78 Å². The van der Waals surface area contributed by atoms with Gasteiger partial charge in [-0.1, -0.05) is 12.1 Å². The largest absolute Gasteiger partial charge is 0.377 e. The van der Waals surface area contributed by atoms with E-state index in [1.54, 1.807) is 6.07 Å². The molecule has 3 N–H and O–H groups in total. The molecule has 2 rings (SSSR count). The summed E-state index contributed by atoms with van der Waals surface area (Å²) in [5.41, 5.74) is 2.95. The van der Waals surface area contributed by atoms with E-state index in [1.807, 2.05) is 0 Å². The number of benzene rings is 1. The van der Waals surface area contributed by atoms with E-state index in [-0.39, 0.29) is 12.1 Å². The van der Waals surface area contributed by atoms with Crippen molar-refractivity contribution in [1.29, 1.82) is 0 Å². The Morgan fingerprint density at radius 3 is 2.94 bits per heavy atom. The van der Waals surface area contributed by atoms with Crippen molar-refractivity contribution < 1.29 is 13.5 Å². The van der Waals surface area contributed by atoms with Gasteiger partial charge < -0.3 is 4.74 Å². The van der Waals surface area contributed by atoms with E-state index in [9.17, 15) is 8.78 Å². The number of rotatable bonds is 4. The molecule has 0 aliphatic carbocycles. The monoisotopic (exact) mass is 242 g/mol. The molecule has 17 heavy (non-hydrogen) atoms. The first-order valence-electron chi connectivity index (χ1n) is 5.73. The van der Waals surface area contributed by atoms with Gasteiger partial charge in [-0.05, 0) is 30.9 Å². The maximum atomic E-state index is 13.5. The van der Waals surface area contributed by atoms with E-state index in [0.717, 1.165) is 18.9 Å². The first-order chi connectivity index (χ1) is 8.22. The zero-order valence-corrected chi connectivity index (χ0v) is 9.46. The van der Waals surface area contributed by atoms with Gasteiger partial charge in [0.1, 0.15) is 0 Å². The summed E-state index contributed by atoms with van der Waals surface area (Å²) in [6.07, 6.45) is 2.17. The van der Waals surface area contributed by atoms with Gasteiger partial charge in [-0.3, -0.25) is 11.3 Å². The number of nitrogens with two attached hydrogens (primary N) is 1. The third-order valence-electron chi connectivity index (χ3n) is 3.10. The second-order valence-electron chi connectivity index (χ2n) is 4.24. The predicted molar refractivity (Wildman–Crippen MR) is 60.1 cm³/mol. The summed E-state index contributed by atoms with van der Waals surface area (Å²) in [6.45, 7) is 0.703. The summed E-state index contributed by atoms with van der Waals surface area (Å²) < 4.78 is 32.0. The van der Waals surface area contributed by atoms with Crippen molar-refractivity contribution in [3.8, 4) is 0 Å². The fourth-order valence-electron chi connectivity index (χ4n) is 2.16. The van der Waals surface area contributed by atoms with Gasteiger partial charge in [-0.2, -0.15) is 0 Å². The molecule has 5 heteroatoms. The van der Waals surface area contributed by atoms with E-state index < -0.39 is 11.6 Å². The summed E-state index contributed by atoms with van der Waals surface area (Å²) in [4.78, 5) is 0. The topological polar surface area (TPSA) is 47.3 Å². The van der Waals surface area contributed by atoms with Crippen LogP contribution in [0.15, 0.2) is 18.2 Å². The third kappa shape index (κ3) is 2.80. The van der Waals surface area contributed by atoms with E-state index in [1.165, 1.54) is 6.07 Å². The maximum absolute atomic E-state index is 13.5. The molecule has 1 aromatic carbocycles. The Morgan fingerprint density at radius 1 is 1.47 bits per heavy atom. The summed E-state index contributed by atoms with van der Waals surface area (Å²) in [5, 5.41) is 0. The molecule has 0 radical (unpaired) electrons. The normalized spacial score (nSPS) is 21.7. The highest BCUT2D eigenvalue weighted by Crippen LogP contribution is 2.20. The Kier molecular flexibility index (Phi) is 4.04. The second-order valence-corrected chi connectivity index (χ2v) is 4.24. The first kappa shape index (κ1) is 12.4. The Balaban J connectivity index is 2.09. The van der Waals surface area contributed by atoms with Crippen LogP contribution in [0.4, 0.5) is 8.78 Å². The van der Waals surface area contributed by atoms with Crippen LogP contribution in [-0.4, -0.2) is 18.8 Å². The second kappa shape index (κ2) is 5.53. The molecule has 0 spiro atoms. The molecular weight excluding hydrogens is 226 g/mol. The van der Waals surface area contributed by atoms with Crippen molar-refractivity contribution in [2.45, 2.75) is 31.4 Å². The lowest BCUT2D eigenvalue weighted by Crippen LogP contribution is -2.45. The Labute approximate surface area is 98.9 Å². The zero-order valence-electron chi connectivity index (χ0n) is 9.46. The zero-order chi connectivity index (χ0) is 12.3. The molecule has 1 heterocycles. The molecule has 1 aliphatic heterocycles. The molecule has 2 unspecified atom stereocenters. The Hall–Kier alpha value is -1.04. The van der Waals surface area contributed by atoms with Crippen molar-refractivity contribution in [3.05, 3.63) is 35.4 Å². The quantitative estimate of drug-likeness (QED) is 0.621. The molecule has 1 fully saturated rings. The highest BCUT2D eigenvalue weighted by atomic mass is 19.2. The summed E-state index contributed by atoms with van der Waals surface area (Å²) in [7, 11) is 0. The maximum Gasteiger partial charge on any atom is 0.162 e. The predicted octanol–water partition coefficient (Wildman–Crippen LogP) is 1.52. The summed E-state index contributed by atoms with van der Waals surface area (Å²) in [5.74, 6) is 3.81. The van der Waals surface area contributed by atoms with Gasteiger partial charge >= 0.3 is 0 Å². The molecule has 2 atom stereocenters. The summed E-state index contributed by atoms with van der Waals surface area (Å²) in [6, 6.07) is 3.98. The number of halogens is 2. The molecule has 1 saturated heterocycles. The smallest absolute Gasteiger partial charge is 0.162 e. The van der Waals surface area contributed by atoms with Crippen molar-refractivity contribution in [1.82, 2.24) is 5.43 Å². The van der Waals surface area contributed by atoms with Gasteiger partial charge in [0.2, 0.25) is 0 Å². The molecular formula is C12H16F2N2O. The Bertz CT molecular complexity index is 381. The van der Waals surface area contributed by atoms with Crippen molar-refractivity contribution in [2.75, 3.05) is 6.61 Å². The van der Waals surface area contributed by atoms with E-state index in [4.69, 9.17) is 10.6 Å². The van der Waals surface area contributed by atoms with Crippen LogP contribution in [0.1, 0.15) is 18.4 Å². The number of hydrogen-bond acceptors (Lipinski definition) is 3. The highest BCUT2D eigenvalue weighted by Gasteiger charge is 2.26. The third-order valence-corrected chi connectivity index (χ3v) is 3.10.